The molecular formula is C20H18O7. The van der Waals surface area contributed by atoms with E-state index in [4.69, 9.17) is 24.1 Å². The summed E-state index contributed by atoms with van der Waals surface area (Å²) < 4.78 is 16.0. The Balaban J connectivity index is 1.98. The molecule has 2 N–H and O–H groups in total. The predicted molar refractivity (Wildman–Crippen MR) is 97.5 cm³/mol. The van der Waals surface area contributed by atoms with Crippen molar-refractivity contribution >= 4 is 16.8 Å². The van der Waals surface area contributed by atoms with Crippen LogP contribution in [0.5, 0.6) is 11.5 Å². The van der Waals surface area contributed by atoms with E-state index < -0.39 is 11.4 Å². The number of carbonyl (C=O) groups excluding carboxylic acids is 1. The van der Waals surface area contributed by atoms with E-state index in [-0.39, 0.29) is 43.3 Å². The van der Waals surface area contributed by atoms with Gasteiger partial charge in [0.05, 0.1) is 13.2 Å². The van der Waals surface area contributed by atoms with E-state index in [1.165, 1.54) is 24.3 Å². The molecule has 0 saturated carbocycles. The van der Waals surface area contributed by atoms with Crippen LogP contribution in [-0.2, 0) is 0 Å². The zero-order valence-electron chi connectivity index (χ0n) is 14.4. The number of ketones is 1. The lowest BCUT2D eigenvalue weighted by molar-refractivity contribution is 0.103. The summed E-state index contributed by atoms with van der Waals surface area (Å²) in [6.45, 7) is -0.341. The molecule has 27 heavy (non-hydrogen) atoms. The van der Waals surface area contributed by atoms with E-state index in [0.29, 0.717) is 16.7 Å². The monoisotopic (exact) mass is 370 g/mol. The number of rotatable bonds is 8. The lowest BCUT2D eigenvalue weighted by Gasteiger charge is -2.13. The van der Waals surface area contributed by atoms with Crippen LogP contribution in [0.25, 0.3) is 11.0 Å². The fourth-order valence-electron chi connectivity index (χ4n) is 2.57. The third-order valence-corrected chi connectivity index (χ3v) is 3.79. The van der Waals surface area contributed by atoms with Crippen LogP contribution in [0.3, 0.4) is 0 Å². The Kier molecular flexibility index (Phi) is 5.85. The number of carbonyl (C=O) groups is 1. The molecule has 0 aliphatic heterocycles. The van der Waals surface area contributed by atoms with Crippen molar-refractivity contribution in [2.45, 2.75) is 0 Å². The molecule has 0 aliphatic carbocycles. The number of hydrogen-bond acceptors (Lipinski definition) is 7. The normalized spacial score (nSPS) is 10.7. The van der Waals surface area contributed by atoms with Gasteiger partial charge in [-0.3, -0.25) is 4.79 Å². The van der Waals surface area contributed by atoms with Crippen LogP contribution in [0.4, 0.5) is 0 Å². The molecule has 7 heteroatoms. The first-order chi connectivity index (χ1) is 13.1. The maximum absolute atomic E-state index is 12.8. The van der Waals surface area contributed by atoms with Crippen molar-refractivity contribution in [2.24, 2.45) is 0 Å². The van der Waals surface area contributed by atoms with Crippen LogP contribution in [0, 0.1) is 0 Å². The summed E-state index contributed by atoms with van der Waals surface area (Å²) in [5, 5.41) is 18.5. The number of aliphatic hydroxyl groups excluding tert-OH is 2. The van der Waals surface area contributed by atoms with Crippen molar-refractivity contribution in [2.75, 3.05) is 26.4 Å². The van der Waals surface area contributed by atoms with Gasteiger partial charge in [0.1, 0.15) is 24.4 Å². The van der Waals surface area contributed by atoms with E-state index in [2.05, 4.69) is 0 Å². The second-order valence-corrected chi connectivity index (χ2v) is 5.62. The number of ether oxygens (including phenoxy) is 2. The van der Waals surface area contributed by atoms with E-state index >= 15 is 0 Å². The quantitative estimate of drug-likeness (QED) is 0.460. The fraction of sp³-hybridized carbons (Fsp3) is 0.200. The van der Waals surface area contributed by atoms with Crippen molar-refractivity contribution < 1.29 is 28.9 Å². The Morgan fingerprint density at radius 3 is 2.37 bits per heavy atom. The summed E-state index contributed by atoms with van der Waals surface area (Å²) in [4.78, 5) is 25.0. The summed E-state index contributed by atoms with van der Waals surface area (Å²) in [6, 6.07) is 12.9. The largest absolute Gasteiger partial charge is 0.487 e. The van der Waals surface area contributed by atoms with Crippen LogP contribution in [0.1, 0.15) is 15.9 Å². The van der Waals surface area contributed by atoms with Crippen LogP contribution in [0.15, 0.2) is 57.7 Å². The molecule has 0 spiro atoms. The number of aliphatic hydroxyl groups is 2. The van der Waals surface area contributed by atoms with Crippen molar-refractivity contribution in [3.8, 4) is 11.5 Å². The highest BCUT2D eigenvalue weighted by atomic mass is 16.5. The molecule has 0 amide bonds. The topological polar surface area (TPSA) is 106 Å². The first-order valence-electron chi connectivity index (χ1n) is 8.33. The summed E-state index contributed by atoms with van der Waals surface area (Å²) in [5.41, 5.74) is -0.205. The van der Waals surface area contributed by atoms with Gasteiger partial charge in [0, 0.05) is 10.9 Å². The van der Waals surface area contributed by atoms with Gasteiger partial charge in [0.15, 0.2) is 11.5 Å². The zero-order chi connectivity index (χ0) is 19.2. The number of hydrogen-bond donors (Lipinski definition) is 2. The smallest absolute Gasteiger partial charge is 0.347 e. The first kappa shape index (κ1) is 18.6. The highest BCUT2D eigenvalue weighted by Crippen LogP contribution is 2.29. The molecule has 0 saturated heterocycles. The molecule has 1 heterocycles. The van der Waals surface area contributed by atoms with Gasteiger partial charge in [-0.1, -0.05) is 18.2 Å². The predicted octanol–water partition coefficient (Wildman–Crippen LogP) is 1.77. The van der Waals surface area contributed by atoms with Gasteiger partial charge in [0.25, 0.3) is 0 Å². The minimum Gasteiger partial charge on any atom is -0.487 e. The minimum atomic E-state index is -0.725. The van der Waals surface area contributed by atoms with Crippen LogP contribution >= 0.6 is 0 Å². The molecule has 0 fully saturated rings. The summed E-state index contributed by atoms with van der Waals surface area (Å²) >= 11 is 0. The van der Waals surface area contributed by atoms with E-state index in [0.717, 1.165) is 0 Å². The second kappa shape index (κ2) is 8.48. The van der Waals surface area contributed by atoms with E-state index in [1.54, 1.807) is 24.3 Å². The lowest BCUT2D eigenvalue weighted by atomic mass is 10.0. The molecule has 0 aliphatic rings. The van der Waals surface area contributed by atoms with Crippen LogP contribution in [-0.4, -0.2) is 42.4 Å². The molecule has 0 radical (unpaired) electrons. The number of benzene rings is 2. The van der Waals surface area contributed by atoms with Gasteiger partial charge in [-0.25, -0.2) is 4.79 Å². The molecular weight excluding hydrogens is 352 g/mol. The van der Waals surface area contributed by atoms with E-state index in [9.17, 15) is 9.59 Å². The van der Waals surface area contributed by atoms with Crippen molar-refractivity contribution in [1.82, 2.24) is 0 Å². The Bertz CT molecular complexity index is 1010. The molecule has 1 aromatic heterocycles. The average molecular weight is 370 g/mol. The summed E-state index contributed by atoms with van der Waals surface area (Å²) in [6.07, 6.45) is 0. The average Bonchev–Trinajstić information content (AvgIpc) is 2.70. The molecule has 3 aromatic rings. The summed E-state index contributed by atoms with van der Waals surface area (Å²) in [5.74, 6) is 0.0326. The highest BCUT2D eigenvalue weighted by molar-refractivity contribution is 6.10. The lowest BCUT2D eigenvalue weighted by Crippen LogP contribution is -2.15. The maximum Gasteiger partial charge on any atom is 0.347 e. The van der Waals surface area contributed by atoms with Gasteiger partial charge in [0.2, 0.25) is 5.78 Å². The Morgan fingerprint density at radius 1 is 0.926 bits per heavy atom. The molecule has 0 unspecified atom stereocenters. The number of para-hydroxylation sites is 1. The van der Waals surface area contributed by atoms with Crippen LogP contribution in [0.2, 0.25) is 0 Å². The highest BCUT2D eigenvalue weighted by Gasteiger charge is 2.18. The van der Waals surface area contributed by atoms with Crippen molar-refractivity contribution in [3.63, 3.8) is 0 Å². The first-order valence-corrected chi connectivity index (χ1v) is 8.33. The molecule has 140 valence electrons. The van der Waals surface area contributed by atoms with E-state index in [1.807, 2.05) is 0 Å². The third kappa shape index (κ3) is 4.16. The second-order valence-electron chi connectivity index (χ2n) is 5.62. The SMILES string of the molecule is O=C(c1ccc(OCCO)c(OCCO)c1)c1cc2ccccc2oc1=O. The third-order valence-electron chi connectivity index (χ3n) is 3.79. The molecule has 0 atom stereocenters. The maximum atomic E-state index is 12.8. The Hall–Kier alpha value is -3.16. The van der Waals surface area contributed by atoms with Gasteiger partial charge >= 0.3 is 5.63 Å². The molecule has 0 bridgehead atoms. The standard InChI is InChI=1S/C20H18O7/c21-7-9-25-17-6-5-14(12-18(17)26-10-8-22)19(23)15-11-13-3-1-2-4-16(13)27-20(15)24/h1-6,11-12,21-22H,7-10H2. The Labute approximate surface area is 154 Å². The zero-order valence-corrected chi connectivity index (χ0v) is 14.4. The minimum absolute atomic E-state index is 0.00520. The van der Waals surface area contributed by atoms with Crippen molar-refractivity contribution in [1.29, 1.82) is 0 Å². The van der Waals surface area contributed by atoms with Gasteiger partial charge in [-0.05, 0) is 30.3 Å². The summed E-state index contributed by atoms with van der Waals surface area (Å²) in [7, 11) is 0. The van der Waals surface area contributed by atoms with Gasteiger partial charge < -0.3 is 24.1 Å². The molecule has 7 nitrogen and oxygen atoms in total. The Morgan fingerprint density at radius 2 is 1.63 bits per heavy atom. The van der Waals surface area contributed by atoms with Crippen LogP contribution < -0.4 is 15.1 Å². The van der Waals surface area contributed by atoms with Gasteiger partial charge in [-0.2, -0.15) is 0 Å². The van der Waals surface area contributed by atoms with Crippen molar-refractivity contribution in [3.05, 3.63) is 70.1 Å². The molecule has 2 aromatic carbocycles. The number of fused-ring (bicyclic) bond motifs is 1. The fourth-order valence-corrected chi connectivity index (χ4v) is 2.57. The molecule has 3 rings (SSSR count). The van der Waals surface area contributed by atoms with Gasteiger partial charge in [-0.15, -0.1) is 0 Å².